The lowest BCUT2D eigenvalue weighted by Gasteiger charge is -2.26. The third-order valence-electron chi connectivity index (χ3n) is 7.18. The van der Waals surface area contributed by atoms with Gasteiger partial charge in [0.1, 0.15) is 0 Å². The molecule has 1 aromatic rings. The fourth-order valence-corrected chi connectivity index (χ4v) is 5.19. The van der Waals surface area contributed by atoms with Gasteiger partial charge in [0.05, 0.1) is 0 Å². The fraction of sp³-hybridized carbons (Fsp3) is 0.667. The molecule has 3 aliphatic rings. The van der Waals surface area contributed by atoms with Crippen LogP contribution >= 0.6 is 0 Å². The first-order chi connectivity index (χ1) is 14.1. The van der Waals surface area contributed by atoms with Gasteiger partial charge in [-0.2, -0.15) is 0 Å². The Morgan fingerprint density at radius 3 is 2.62 bits per heavy atom. The number of aliphatic imine (C=N–C) groups is 1. The summed E-state index contributed by atoms with van der Waals surface area (Å²) in [5, 5.41) is 7.13. The van der Waals surface area contributed by atoms with Crippen LogP contribution < -0.4 is 10.6 Å². The monoisotopic (exact) mass is 396 g/mol. The van der Waals surface area contributed by atoms with E-state index in [0.29, 0.717) is 11.9 Å². The van der Waals surface area contributed by atoms with Gasteiger partial charge in [-0.15, -0.1) is 0 Å². The van der Waals surface area contributed by atoms with Crippen LogP contribution in [0, 0.1) is 12.8 Å². The lowest BCUT2D eigenvalue weighted by Crippen LogP contribution is -2.47. The van der Waals surface area contributed by atoms with Crippen molar-refractivity contribution < 1.29 is 4.79 Å². The number of aryl methyl sites for hydroxylation is 1. The Labute approximate surface area is 175 Å². The van der Waals surface area contributed by atoms with E-state index in [-0.39, 0.29) is 11.3 Å². The van der Waals surface area contributed by atoms with Crippen molar-refractivity contribution in [2.75, 3.05) is 26.7 Å². The molecule has 4 rings (SSSR count). The van der Waals surface area contributed by atoms with E-state index in [1.165, 1.54) is 43.2 Å². The molecule has 3 fully saturated rings. The van der Waals surface area contributed by atoms with Crippen molar-refractivity contribution in [3.05, 3.63) is 35.4 Å². The highest BCUT2D eigenvalue weighted by molar-refractivity contribution is 5.81. The maximum Gasteiger partial charge on any atom is 0.225 e. The van der Waals surface area contributed by atoms with Gasteiger partial charge >= 0.3 is 0 Å². The Kier molecular flexibility index (Phi) is 6.12. The van der Waals surface area contributed by atoms with Gasteiger partial charge in [-0.3, -0.25) is 9.79 Å². The molecule has 0 aromatic heterocycles. The Balaban J connectivity index is 1.28. The molecule has 1 aromatic carbocycles. The summed E-state index contributed by atoms with van der Waals surface area (Å²) in [6.07, 6.45) is 9.34. The number of rotatable bonds is 5. The minimum Gasteiger partial charge on any atom is -0.356 e. The lowest BCUT2D eigenvalue weighted by atomic mass is 9.88. The highest BCUT2D eigenvalue weighted by atomic mass is 16.2. The third-order valence-corrected chi connectivity index (χ3v) is 7.18. The average molecular weight is 397 g/mol. The zero-order valence-corrected chi connectivity index (χ0v) is 18.0. The predicted octanol–water partition coefficient (Wildman–Crippen LogP) is 3.37. The maximum atomic E-state index is 12.8. The first-order valence-corrected chi connectivity index (χ1v) is 11.4. The Bertz CT molecular complexity index is 749. The molecule has 158 valence electrons. The SMILES string of the molecule is CN=C(NCC1(c2ccccc2C)CC1)NC1CCN(C(=O)C2CCCCC2)C1. The molecular formula is C24H36N4O. The number of likely N-dealkylation sites (tertiary alicyclic amines) is 1. The van der Waals surface area contributed by atoms with Gasteiger partial charge in [0.2, 0.25) is 5.91 Å². The molecule has 1 saturated heterocycles. The van der Waals surface area contributed by atoms with Gasteiger partial charge in [-0.05, 0) is 50.2 Å². The molecule has 2 aliphatic carbocycles. The first kappa shape index (κ1) is 20.2. The molecule has 1 heterocycles. The van der Waals surface area contributed by atoms with E-state index < -0.39 is 0 Å². The van der Waals surface area contributed by atoms with Gasteiger partial charge in [0.15, 0.2) is 5.96 Å². The topological polar surface area (TPSA) is 56.7 Å². The molecule has 2 N–H and O–H groups in total. The normalized spacial score (nSPS) is 24.4. The molecule has 0 bridgehead atoms. The lowest BCUT2D eigenvalue weighted by molar-refractivity contribution is -0.135. The molecular weight excluding hydrogens is 360 g/mol. The summed E-state index contributed by atoms with van der Waals surface area (Å²) in [5.74, 6) is 1.51. The van der Waals surface area contributed by atoms with E-state index >= 15 is 0 Å². The highest BCUT2D eigenvalue weighted by Crippen LogP contribution is 2.48. The smallest absolute Gasteiger partial charge is 0.225 e. The van der Waals surface area contributed by atoms with Crippen LogP contribution in [0.2, 0.25) is 0 Å². The van der Waals surface area contributed by atoms with Crippen LogP contribution in [0.15, 0.2) is 29.3 Å². The number of amides is 1. The van der Waals surface area contributed by atoms with Crippen molar-refractivity contribution in [1.29, 1.82) is 0 Å². The van der Waals surface area contributed by atoms with Gasteiger partial charge in [0, 0.05) is 44.1 Å². The van der Waals surface area contributed by atoms with E-state index in [1.54, 1.807) is 0 Å². The van der Waals surface area contributed by atoms with Crippen molar-refractivity contribution in [3.63, 3.8) is 0 Å². The number of hydrogen-bond donors (Lipinski definition) is 2. The summed E-state index contributed by atoms with van der Waals surface area (Å²) < 4.78 is 0. The predicted molar refractivity (Wildman–Crippen MR) is 118 cm³/mol. The number of hydrogen-bond acceptors (Lipinski definition) is 2. The quantitative estimate of drug-likeness (QED) is 0.593. The molecule has 1 aliphatic heterocycles. The van der Waals surface area contributed by atoms with E-state index in [9.17, 15) is 4.79 Å². The van der Waals surface area contributed by atoms with Crippen LogP contribution in [0.4, 0.5) is 0 Å². The number of carbonyl (C=O) groups is 1. The van der Waals surface area contributed by atoms with Crippen molar-refractivity contribution in [1.82, 2.24) is 15.5 Å². The standard InChI is InChI=1S/C24H36N4O/c1-18-8-6-7-11-21(18)24(13-14-24)17-26-23(25-2)27-20-12-15-28(16-20)22(29)19-9-4-3-5-10-19/h6-8,11,19-20H,3-5,9-10,12-17H2,1-2H3,(H2,25,26,27). The van der Waals surface area contributed by atoms with Crippen LogP contribution in [0.5, 0.6) is 0 Å². The molecule has 29 heavy (non-hydrogen) atoms. The summed E-state index contributed by atoms with van der Waals surface area (Å²) in [7, 11) is 1.84. The first-order valence-electron chi connectivity index (χ1n) is 11.4. The second kappa shape index (κ2) is 8.76. The minimum absolute atomic E-state index is 0.252. The van der Waals surface area contributed by atoms with Crippen LogP contribution in [0.1, 0.15) is 62.5 Å². The number of carbonyl (C=O) groups excluding carboxylic acids is 1. The van der Waals surface area contributed by atoms with E-state index in [1.807, 2.05) is 7.05 Å². The zero-order chi connectivity index (χ0) is 20.3. The Hall–Kier alpha value is -2.04. The Morgan fingerprint density at radius 1 is 1.17 bits per heavy atom. The number of guanidine groups is 1. The van der Waals surface area contributed by atoms with Crippen molar-refractivity contribution in [2.45, 2.75) is 69.7 Å². The van der Waals surface area contributed by atoms with Gasteiger partial charge in [0.25, 0.3) is 0 Å². The zero-order valence-electron chi connectivity index (χ0n) is 18.0. The maximum absolute atomic E-state index is 12.8. The molecule has 5 nitrogen and oxygen atoms in total. The summed E-state index contributed by atoms with van der Waals surface area (Å²) in [6, 6.07) is 9.03. The largest absolute Gasteiger partial charge is 0.356 e. The van der Waals surface area contributed by atoms with E-state index in [2.05, 4.69) is 51.7 Å². The molecule has 1 unspecified atom stereocenters. The Morgan fingerprint density at radius 2 is 1.93 bits per heavy atom. The fourth-order valence-electron chi connectivity index (χ4n) is 5.19. The van der Waals surface area contributed by atoms with Gasteiger partial charge in [-0.25, -0.2) is 0 Å². The third kappa shape index (κ3) is 4.59. The molecule has 1 amide bonds. The number of benzene rings is 1. The summed E-state index contributed by atoms with van der Waals surface area (Å²) in [6.45, 7) is 4.80. The van der Waals surface area contributed by atoms with Gasteiger partial charge < -0.3 is 15.5 Å². The van der Waals surface area contributed by atoms with E-state index in [0.717, 1.165) is 44.9 Å². The van der Waals surface area contributed by atoms with E-state index in [4.69, 9.17) is 0 Å². The second-order valence-corrected chi connectivity index (χ2v) is 9.27. The summed E-state index contributed by atoms with van der Waals surface area (Å²) in [5.41, 5.74) is 3.09. The van der Waals surface area contributed by atoms with Crippen LogP contribution in [0.3, 0.4) is 0 Å². The summed E-state index contributed by atoms with van der Waals surface area (Å²) in [4.78, 5) is 19.3. The molecule has 5 heteroatoms. The van der Waals surface area contributed by atoms with Crippen LogP contribution in [-0.4, -0.2) is 49.5 Å². The molecule has 0 radical (unpaired) electrons. The molecule has 0 spiro atoms. The van der Waals surface area contributed by atoms with Crippen molar-refractivity contribution >= 4 is 11.9 Å². The molecule has 2 saturated carbocycles. The van der Waals surface area contributed by atoms with Crippen molar-refractivity contribution in [3.8, 4) is 0 Å². The number of nitrogens with zero attached hydrogens (tertiary/aromatic N) is 2. The summed E-state index contributed by atoms with van der Waals surface area (Å²) >= 11 is 0. The average Bonchev–Trinajstić information content (AvgIpc) is 3.40. The highest BCUT2D eigenvalue weighted by Gasteiger charge is 2.45. The number of nitrogens with one attached hydrogen (secondary N) is 2. The van der Waals surface area contributed by atoms with Crippen LogP contribution in [0.25, 0.3) is 0 Å². The minimum atomic E-state index is 0.252. The second-order valence-electron chi connectivity index (χ2n) is 9.27. The van der Waals surface area contributed by atoms with Crippen LogP contribution in [-0.2, 0) is 10.2 Å². The molecule has 1 atom stereocenters. The van der Waals surface area contributed by atoms with Crippen molar-refractivity contribution in [2.24, 2.45) is 10.9 Å². The van der Waals surface area contributed by atoms with Gasteiger partial charge in [-0.1, -0.05) is 43.5 Å².